The second-order valence-corrected chi connectivity index (χ2v) is 7.96. The van der Waals surface area contributed by atoms with Gasteiger partial charge in [-0.15, -0.1) is 0 Å². The molecule has 0 N–H and O–H groups in total. The van der Waals surface area contributed by atoms with Crippen LogP contribution < -0.4 is 0 Å². The van der Waals surface area contributed by atoms with Crippen molar-refractivity contribution in [3.8, 4) is 0 Å². The quantitative estimate of drug-likeness (QED) is 0.490. The van der Waals surface area contributed by atoms with Gasteiger partial charge in [-0.3, -0.25) is 4.79 Å². The summed E-state index contributed by atoms with van der Waals surface area (Å²) in [5.41, 5.74) is 1.28. The molecule has 1 rings (SSSR count). The van der Waals surface area contributed by atoms with Gasteiger partial charge in [0.2, 0.25) is 0 Å². The van der Waals surface area contributed by atoms with E-state index in [0.717, 1.165) is 25.1 Å². The minimum atomic E-state index is 0.181. The molecule has 0 spiro atoms. The minimum Gasteiger partial charge on any atom is -0.309 e. The molecule has 0 aromatic heterocycles. The maximum absolute atomic E-state index is 12.9. The Bertz CT molecular complexity index is 433. The van der Waals surface area contributed by atoms with Crippen LogP contribution in [0.4, 0.5) is 0 Å². The Morgan fingerprint density at radius 2 is 1.83 bits per heavy atom. The smallest absolute Gasteiger partial charge is 0.138 e. The van der Waals surface area contributed by atoms with E-state index < -0.39 is 0 Å². The van der Waals surface area contributed by atoms with E-state index >= 15 is 0 Å². The number of benzene rings is 1. The Labute approximate surface area is 147 Å². The Balaban J connectivity index is 2.72. The highest BCUT2D eigenvalue weighted by Gasteiger charge is 2.23. The maximum Gasteiger partial charge on any atom is 0.138 e. The molecule has 0 saturated carbocycles. The first-order valence-electron chi connectivity index (χ1n) is 8.92. The Morgan fingerprint density at radius 1 is 1.13 bits per heavy atom. The van der Waals surface area contributed by atoms with Crippen molar-refractivity contribution < 1.29 is 4.79 Å². The third-order valence-electron chi connectivity index (χ3n) is 4.12. The van der Waals surface area contributed by atoms with E-state index in [4.69, 9.17) is 0 Å². The lowest BCUT2D eigenvalue weighted by Gasteiger charge is -2.23. The zero-order valence-electron chi connectivity index (χ0n) is 15.3. The lowest BCUT2D eigenvalue weighted by atomic mass is 9.92. The predicted molar refractivity (Wildman–Crippen MR) is 103 cm³/mol. The molecule has 0 amide bonds. The molecule has 0 fully saturated rings. The summed E-state index contributed by atoms with van der Waals surface area (Å²) in [4.78, 5) is 15.0. The summed E-state index contributed by atoms with van der Waals surface area (Å²) in [5, 5.41) is 0.296. The fourth-order valence-electron chi connectivity index (χ4n) is 2.93. The molecule has 0 aliphatic carbocycles. The van der Waals surface area contributed by atoms with E-state index in [1.165, 1.54) is 18.4 Å². The molecular weight excluding hydrogens is 302 g/mol. The number of nitrogens with zero attached hydrogens (tertiary/aromatic N) is 1. The van der Waals surface area contributed by atoms with Crippen molar-refractivity contribution in [1.29, 1.82) is 0 Å². The molecule has 0 radical (unpaired) electrons. The number of thioether (sulfide) groups is 1. The topological polar surface area (TPSA) is 20.3 Å². The van der Waals surface area contributed by atoms with Crippen molar-refractivity contribution in [2.45, 2.75) is 51.2 Å². The van der Waals surface area contributed by atoms with Crippen LogP contribution in [0.2, 0.25) is 0 Å². The monoisotopic (exact) mass is 335 g/mol. The van der Waals surface area contributed by atoms with Crippen molar-refractivity contribution in [1.82, 2.24) is 4.90 Å². The summed E-state index contributed by atoms with van der Waals surface area (Å²) < 4.78 is 0. The third kappa shape index (κ3) is 8.03. The van der Waals surface area contributed by atoms with Crippen molar-refractivity contribution in [3.05, 3.63) is 35.9 Å². The molecule has 0 aliphatic heterocycles. The van der Waals surface area contributed by atoms with E-state index in [1.54, 1.807) is 0 Å². The van der Waals surface area contributed by atoms with Crippen LogP contribution in [-0.4, -0.2) is 37.1 Å². The zero-order chi connectivity index (χ0) is 17.1. The first-order chi connectivity index (χ1) is 11.1. The molecule has 1 aromatic carbocycles. The molecule has 130 valence electrons. The molecule has 2 nitrogen and oxygen atoms in total. The Hall–Kier alpha value is -0.800. The second-order valence-electron chi connectivity index (χ2n) is 6.48. The Kier molecular flexibility index (Phi) is 10.3. The summed E-state index contributed by atoms with van der Waals surface area (Å²) in [6, 6.07) is 10.5. The number of hydrogen-bond donors (Lipinski definition) is 0. The number of Topliss-reactive ketones (excluding diaryl/α,β-unsaturated/α-hetero) is 1. The molecule has 2 unspecified atom stereocenters. The van der Waals surface area contributed by atoms with Crippen molar-refractivity contribution >= 4 is 17.5 Å². The van der Waals surface area contributed by atoms with Gasteiger partial charge >= 0.3 is 0 Å². The van der Waals surface area contributed by atoms with Crippen LogP contribution in [0.5, 0.6) is 0 Å². The molecule has 3 heteroatoms. The molecule has 1 aromatic rings. The first kappa shape index (κ1) is 20.2. The van der Waals surface area contributed by atoms with Crippen LogP contribution in [0.1, 0.15) is 56.8 Å². The molecule has 0 saturated heterocycles. The van der Waals surface area contributed by atoms with Crippen LogP contribution in [0, 0.1) is 5.92 Å². The van der Waals surface area contributed by atoms with E-state index in [0.29, 0.717) is 17.5 Å². The largest absolute Gasteiger partial charge is 0.309 e. The lowest BCUT2D eigenvalue weighted by molar-refractivity contribution is -0.123. The molecule has 0 heterocycles. The van der Waals surface area contributed by atoms with Gasteiger partial charge in [0, 0.05) is 24.1 Å². The number of ketones is 1. The summed E-state index contributed by atoms with van der Waals surface area (Å²) in [5.74, 6) is 1.66. The summed E-state index contributed by atoms with van der Waals surface area (Å²) >= 11 is 1.89. The summed E-state index contributed by atoms with van der Waals surface area (Å²) in [7, 11) is 4.13. The predicted octanol–water partition coefficient (Wildman–Crippen LogP) is 5.20. The van der Waals surface area contributed by atoms with Gasteiger partial charge in [-0.05, 0) is 31.8 Å². The lowest BCUT2D eigenvalue weighted by Crippen LogP contribution is -2.28. The number of rotatable bonds is 12. The highest BCUT2D eigenvalue weighted by molar-refractivity contribution is 7.99. The summed E-state index contributed by atoms with van der Waals surface area (Å²) in [6.07, 6.45) is 5.29. The van der Waals surface area contributed by atoms with E-state index in [9.17, 15) is 4.79 Å². The average Bonchev–Trinajstić information content (AvgIpc) is 2.54. The number of carbonyl (C=O) groups excluding carboxylic acids is 1. The van der Waals surface area contributed by atoms with Crippen molar-refractivity contribution in [3.63, 3.8) is 0 Å². The van der Waals surface area contributed by atoms with Crippen LogP contribution in [0.3, 0.4) is 0 Å². The summed E-state index contributed by atoms with van der Waals surface area (Å²) in [6.45, 7) is 5.26. The highest BCUT2D eigenvalue weighted by Crippen LogP contribution is 2.33. The van der Waals surface area contributed by atoms with Gasteiger partial charge < -0.3 is 4.90 Å². The van der Waals surface area contributed by atoms with Gasteiger partial charge in [0.15, 0.2) is 0 Å². The number of unbranched alkanes of at least 4 members (excludes halogenated alkanes) is 2. The zero-order valence-corrected chi connectivity index (χ0v) is 16.1. The number of hydrogen-bond acceptors (Lipinski definition) is 3. The van der Waals surface area contributed by atoms with Crippen LogP contribution in [0.15, 0.2) is 30.3 Å². The van der Waals surface area contributed by atoms with Gasteiger partial charge in [-0.1, -0.05) is 63.4 Å². The third-order valence-corrected chi connectivity index (χ3v) is 5.30. The van der Waals surface area contributed by atoms with Crippen molar-refractivity contribution in [2.24, 2.45) is 5.92 Å². The van der Waals surface area contributed by atoms with Crippen LogP contribution in [-0.2, 0) is 4.79 Å². The maximum atomic E-state index is 12.9. The van der Waals surface area contributed by atoms with Crippen molar-refractivity contribution in [2.75, 3.05) is 26.4 Å². The van der Waals surface area contributed by atoms with Gasteiger partial charge in [0.1, 0.15) is 5.78 Å². The first-order valence-corrected chi connectivity index (χ1v) is 9.97. The molecule has 23 heavy (non-hydrogen) atoms. The normalized spacial score (nSPS) is 14.0. The molecule has 2 atom stereocenters. The van der Waals surface area contributed by atoms with Crippen LogP contribution >= 0.6 is 11.8 Å². The fourth-order valence-corrected chi connectivity index (χ4v) is 3.96. The average molecular weight is 336 g/mol. The molecule has 0 bridgehead atoms. The Morgan fingerprint density at radius 3 is 2.39 bits per heavy atom. The van der Waals surface area contributed by atoms with E-state index in [2.05, 4.69) is 57.1 Å². The number of carbonyl (C=O) groups is 1. The van der Waals surface area contributed by atoms with Gasteiger partial charge in [-0.2, -0.15) is 11.8 Å². The van der Waals surface area contributed by atoms with E-state index in [1.807, 2.05) is 17.8 Å². The standard InChI is InChI=1S/C20H33NOS/c1-5-7-9-14-18(16-21(3)4)19(22)15-20(23-6-2)17-12-10-8-11-13-17/h8,10-13,18,20H,5-7,9,14-16H2,1-4H3. The van der Waals surface area contributed by atoms with Gasteiger partial charge in [0.25, 0.3) is 0 Å². The fraction of sp³-hybridized carbons (Fsp3) is 0.650. The van der Waals surface area contributed by atoms with Gasteiger partial charge in [0.05, 0.1) is 0 Å². The van der Waals surface area contributed by atoms with Crippen LogP contribution in [0.25, 0.3) is 0 Å². The minimum absolute atomic E-state index is 0.181. The highest BCUT2D eigenvalue weighted by atomic mass is 32.2. The van der Waals surface area contributed by atoms with E-state index in [-0.39, 0.29) is 5.92 Å². The molecule has 0 aliphatic rings. The second kappa shape index (κ2) is 11.7. The SMILES string of the molecule is CCCCCC(CN(C)C)C(=O)CC(SCC)c1ccccc1. The molecular formula is C20H33NOS. The van der Waals surface area contributed by atoms with Gasteiger partial charge in [-0.25, -0.2) is 0 Å².